The van der Waals surface area contributed by atoms with Crippen LogP contribution in [-0.4, -0.2) is 64.8 Å². The smallest absolute Gasteiger partial charge is 0.205 e. The van der Waals surface area contributed by atoms with Crippen LogP contribution in [0.15, 0.2) is 59.1 Å². The number of aliphatic hydroxyl groups is 1. The van der Waals surface area contributed by atoms with Crippen LogP contribution in [0.3, 0.4) is 0 Å². The maximum Gasteiger partial charge on any atom is 0.205 e. The van der Waals surface area contributed by atoms with Gasteiger partial charge in [0.2, 0.25) is 5.13 Å². The van der Waals surface area contributed by atoms with Crippen molar-refractivity contribution in [1.29, 1.82) is 0 Å². The highest BCUT2D eigenvalue weighted by molar-refractivity contribution is 9.10. The van der Waals surface area contributed by atoms with Crippen LogP contribution in [0.25, 0.3) is 11.4 Å². The van der Waals surface area contributed by atoms with Gasteiger partial charge in [-0.25, -0.2) is 0 Å². The van der Waals surface area contributed by atoms with Crippen LogP contribution in [0.1, 0.15) is 0 Å². The summed E-state index contributed by atoms with van der Waals surface area (Å²) in [5, 5.41) is 11.3. The molecule has 0 bridgehead atoms. The van der Waals surface area contributed by atoms with Crippen LogP contribution < -0.4 is 9.64 Å². The molecular weight excluding hydrogens is 452 g/mol. The first-order chi connectivity index (χ1) is 14.2. The molecule has 0 spiro atoms. The van der Waals surface area contributed by atoms with Crippen molar-refractivity contribution in [2.75, 3.05) is 44.2 Å². The van der Waals surface area contributed by atoms with Crippen LogP contribution in [0, 0.1) is 0 Å². The minimum atomic E-state index is -0.517. The van der Waals surface area contributed by atoms with E-state index in [1.807, 2.05) is 54.6 Å². The van der Waals surface area contributed by atoms with E-state index >= 15 is 0 Å². The van der Waals surface area contributed by atoms with E-state index in [4.69, 9.17) is 9.72 Å². The Morgan fingerprint density at radius 3 is 2.48 bits per heavy atom. The first kappa shape index (κ1) is 20.3. The summed E-state index contributed by atoms with van der Waals surface area (Å²) in [5.74, 6) is 1.55. The number of halogens is 1. The number of aliphatic hydroxyl groups excluding tert-OH is 1. The first-order valence-corrected chi connectivity index (χ1v) is 11.2. The van der Waals surface area contributed by atoms with Crippen molar-refractivity contribution in [1.82, 2.24) is 14.3 Å². The normalized spacial score (nSPS) is 16.0. The Balaban J connectivity index is 1.23. The van der Waals surface area contributed by atoms with Gasteiger partial charge in [-0.1, -0.05) is 46.3 Å². The summed E-state index contributed by atoms with van der Waals surface area (Å²) in [4.78, 5) is 9.24. The lowest BCUT2D eigenvalue weighted by molar-refractivity contribution is 0.0663. The van der Waals surface area contributed by atoms with E-state index in [0.29, 0.717) is 13.2 Å². The molecule has 0 saturated carbocycles. The summed E-state index contributed by atoms with van der Waals surface area (Å²) in [6.07, 6.45) is -0.517. The number of hydrogen-bond acceptors (Lipinski definition) is 7. The Labute approximate surface area is 183 Å². The van der Waals surface area contributed by atoms with Gasteiger partial charge in [-0.2, -0.15) is 9.36 Å². The van der Waals surface area contributed by atoms with Gasteiger partial charge in [-0.15, -0.1) is 0 Å². The van der Waals surface area contributed by atoms with Crippen molar-refractivity contribution in [3.8, 4) is 17.1 Å². The van der Waals surface area contributed by atoms with Crippen molar-refractivity contribution < 1.29 is 9.84 Å². The molecular formula is C21H23BrN4O2S. The minimum absolute atomic E-state index is 0.290. The average Bonchev–Trinajstić information content (AvgIpc) is 3.25. The Bertz CT molecular complexity index is 899. The van der Waals surface area contributed by atoms with E-state index in [2.05, 4.69) is 30.1 Å². The van der Waals surface area contributed by atoms with Gasteiger partial charge < -0.3 is 14.7 Å². The maximum atomic E-state index is 10.3. The molecule has 1 aromatic heterocycles. The number of nitrogens with zero attached hydrogens (tertiary/aromatic N) is 4. The maximum absolute atomic E-state index is 10.3. The van der Waals surface area contributed by atoms with E-state index in [9.17, 15) is 5.11 Å². The molecule has 1 aliphatic heterocycles. The second kappa shape index (κ2) is 9.67. The van der Waals surface area contributed by atoms with E-state index in [0.717, 1.165) is 52.9 Å². The number of aromatic nitrogens is 2. The number of piperazine rings is 1. The molecule has 4 rings (SSSR count). The SMILES string of the molecule is O[C@@H](COc1ccc(Br)cc1)CN1CCN(c2nc(-c3ccccc3)ns2)CC1. The van der Waals surface area contributed by atoms with Crippen LogP contribution in [0.4, 0.5) is 5.13 Å². The molecule has 1 N–H and O–H groups in total. The summed E-state index contributed by atoms with van der Waals surface area (Å²) in [7, 11) is 0. The third kappa shape index (κ3) is 5.54. The van der Waals surface area contributed by atoms with Gasteiger partial charge in [0, 0.05) is 54.3 Å². The van der Waals surface area contributed by atoms with Gasteiger partial charge in [0.05, 0.1) is 0 Å². The zero-order valence-electron chi connectivity index (χ0n) is 15.9. The molecule has 1 fully saturated rings. The fourth-order valence-electron chi connectivity index (χ4n) is 3.24. The fraction of sp³-hybridized carbons (Fsp3) is 0.333. The molecule has 0 amide bonds. The lowest BCUT2D eigenvalue weighted by Crippen LogP contribution is -2.49. The summed E-state index contributed by atoms with van der Waals surface area (Å²) >= 11 is 4.85. The monoisotopic (exact) mass is 474 g/mol. The van der Waals surface area contributed by atoms with Gasteiger partial charge in [-0.05, 0) is 24.3 Å². The number of rotatable bonds is 7. The van der Waals surface area contributed by atoms with Gasteiger partial charge in [0.15, 0.2) is 5.82 Å². The predicted octanol–water partition coefficient (Wildman–Crippen LogP) is 3.53. The van der Waals surface area contributed by atoms with Crippen LogP contribution in [0.2, 0.25) is 0 Å². The van der Waals surface area contributed by atoms with E-state index < -0.39 is 6.10 Å². The molecule has 3 aromatic rings. The van der Waals surface area contributed by atoms with Crippen molar-refractivity contribution in [3.63, 3.8) is 0 Å². The van der Waals surface area contributed by atoms with Crippen molar-refractivity contribution >= 4 is 32.6 Å². The van der Waals surface area contributed by atoms with Crippen LogP contribution in [-0.2, 0) is 0 Å². The topological polar surface area (TPSA) is 61.7 Å². The third-order valence-corrected chi connectivity index (χ3v) is 6.12. The number of β-amino-alcohol motifs (C(OH)–C–C–N with tert-alkyl or cyclic N) is 1. The van der Waals surface area contributed by atoms with Crippen LogP contribution >= 0.6 is 27.5 Å². The highest BCUT2D eigenvalue weighted by atomic mass is 79.9. The fourth-order valence-corrected chi connectivity index (χ4v) is 4.25. The van der Waals surface area contributed by atoms with Crippen LogP contribution in [0.5, 0.6) is 5.75 Å². The third-order valence-electron chi connectivity index (χ3n) is 4.82. The molecule has 8 heteroatoms. The highest BCUT2D eigenvalue weighted by Crippen LogP contribution is 2.24. The molecule has 0 unspecified atom stereocenters. The Kier molecular flexibility index (Phi) is 6.76. The molecule has 2 aromatic carbocycles. The molecule has 1 atom stereocenters. The summed E-state index contributed by atoms with van der Waals surface area (Å²) in [6.45, 7) is 4.42. The minimum Gasteiger partial charge on any atom is -0.491 e. The molecule has 0 radical (unpaired) electrons. The molecule has 1 saturated heterocycles. The Morgan fingerprint density at radius 2 is 1.76 bits per heavy atom. The summed E-state index contributed by atoms with van der Waals surface area (Å²) in [5.41, 5.74) is 1.04. The molecule has 1 aliphatic rings. The number of ether oxygens (including phenoxy) is 1. The highest BCUT2D eigenvalue weighted by Gasteiger charge is 2.22. The van der Waals surface area contributed by atoms with Gasteiger partial charge in [0.25, 0.3) is 0 Å². The quantitative estimate of drug-likeness (QED) is 0.564. The Hall–Kier alpha value is -2.00. The number of anilines is 1. The second-order valence-corrected chi connectivity index (χ2v) is 8.62. The second-order valence-electron chi connectivity index (χ2n) is 6.97. The average molecular weight is 475 g/mol. The van der Waals surface area contributed by atoms with Gasteiger partial charge >= 0.3 is 0 Å². The number of benzene rings is 2. The first-order valence-electron chi connectivity index (χ1n) is 9.60. The molecule has 2 heterocycles. The van der Waals surface area contributed by atoms with E-state index in [-0.39, 0.29) is 0 Å². The lowest BCUT2D eigenvalue weighted by Gasteiger charge is -2.35. The number of hydrogen-bond donors (Lipinski definition) is 1. The zero-order valence-corrected chi connectivity index (χ0v) is 18.3. The van der Waals surface area contributed by atoms with Crippen molar-refractivity contribution in [3.05, 3.63) is 59.1 Å². The Morgan fingerprint density at radius 1 is 1.03 bits per heavy atom. The summed E-state index contributed by atoms with van der Waals surface area (Å²) in [6, 6.07) is 17.7. The van der Waals surface area contributed by atoms with Gasteiger partial charge in [0.1, 0.15) is 18.5 Å². The van der Waals surface area contributed by atoms with E-state index in [1.165, 1.54) is 11.5 Å². The summed E-state index contributed by atoms with van der Waals surface area (Å²) < 4.78 is 11.2. The zero-order chi connectivity index (χ0) is 20.1. The predicted molar refractivity (Wildman–Crippen MR) is 120 cm³/mol. The molecule has 152 valence electrons. The molecule has 0 aliphatic carbocycles. The largest absolute Gasteiger partial charge is 0.491 e. The van der Waals surface area contributed by atoms with Crippen molar-refractivity contribution in [2.45, 2.75) is 6.10 Å². The van der Waals surface area contributed by atoms with E-state index in [1.54, 1.807) is 0 Å². The van der Waals surface area contributed by atoms with Crippen molar-refractivity contribution in [2.24, 2.45) is 0 Å². The molecule has 6 nitrogen and oxygen atoms in total. The molecule has 29 heavy (non-hydrogen) atoms. The lowest BCUT2D eigenvalue weighted by atomic mass is 10.2. The van der Waals surface area contributed by atoms with Gasteiger partial charge in [-0.3, -0.25) is 4.90 Å². The standard InChI is InChI=1S/C21H23BrN4O2S/c22-17-6-8-19(9-7-17)28-15-18(27)14-25-10-12-26(13-11-25)21-23-20(24-29-21)16-4-2-1-3-5-16/h1-9,18,27H,10-15H2/t18-/m1/s1.